The first-order valence-electron chi connectivity index (χ1n) is 19.6. The number of fused-ring (bicyclic) bond motifs is 12. The number of benzene rings is 4. The van der Waals surface area contributed by atoms with Gasteiger partial charge in [-0.05, 0) is 80.9 Å². The Bertz CT molecular complexity index is 2780. The molecule has 4 aromatic carbocycles. The van der Waals surface area contributed by atoms with Gasteiger partial charge in [-0.1, -0.05) is 0 Å². The molecule has 10 rings (SSSR count). The molecule has 4 aliphatic rings. The molecule has 2 aromatic heterocycles. The van der Waals surface area contributed by atoms with Gasteiger partial charge in [0.05, 0.1) is 61.7 Å². The second kappa shape index (κ2) is 14.4. The predicted octanol–water partition coefficient (Wildman–Crippen LogP) is 5.69. The van der Waals surface area contributed by atoms with Crippen LogP contribution in [-0.4, -0.2) is 75.8 Å². The Balaban J connectivity index is 0.889. The van der Waals surface area contributed by atoms with Gasteiger partial charge in [-0.2, -0.15) is 0 Å². The number of nitrogens with one attached hydrogen (secondary N) is 1. The molecule has 2 aliphatic carbocycles. The van der Waals surface area contributed by atoms with E-state index in [1.807, 2.05) is 0 Å². The van der Waals surface area contributed by atoms with Crippen LogP contribution in [-0.2, 0) is 13.1 Å². The molecule has 60 heavy (non-hydrogen) atoms. The standard InChI is InChI=1S/C45H39N3O12/c1-53-30-12-22-28(18-32(30)55-3)44(51)47(40-24-14-34-36(59-20-57-34)16-26(24)42(49)38(22)40)10-6-5-8-46-9-7-11-48-41-25-15-35-37(60-21-58-35)17-27(25)43(50)39(41)23-13-31(54-2)33(56-4)19-29(23)45(48)52/h12-19,46H,5-11,20-21H2,1-4H3. The molecule has 0 radical (unpaired) electrons. The van der Waals surface area contributed by atoms with Crippen LogP contribution < -0.4 is 54.3 Å². The van der Waals surface area contributed by atoms with E-state index in [-0.39, 0.29) is 36.3 Å². The van der Waals surface area contributed by atoms with Crippen LogP contribution in [0.5, 0.6) is 46.0 Å². The van der Waals surface area contributed by atoms with Crippen molar-refractivity contribution in [1.29, 1.82) is 0 Å². The second-order valence-corrected chi connectivity index (χ2v) is 14.8. The average molecular weight is 814 g/mol. The van der Waals surface area contributed by atoms with E-state index in [0.717, 1.165) is 6.42 Å². The lowest BCUT2D eigenvalue weighted by atomic mass is 10.0. The number of methoxy groups -OCH3 is 4. The van der Waals surface area contributed by atoms with Crippen molar-refractivity contribution >= 4 is 33.1 Å². The number of unbranched alkanes of at least 4 members (excludes halogenated alkanes) is 1. The van der Waals surface area contributed by atoms with Crippen LogP contribution in [0.15, 0.2) is 58.1 Å². The number of hydrogen-bond donors (Lipinski definition) is 1. The van der Waals surface area contributed by atoms with Crippen LogP contribution in [0, 0.1) is 0 Å². The first kappa shape index (κ1) is 37.3. The van der Waals surface area contributed by atoms with Gasteiger partial charge in [0.1, 0.15) is 0 Å². The summed E-state index contributed by atoms with van der Waals surface area (Å²) in [7, 11) is 6.03. The molecule has 0 fully saturated rings. The van der Waals surface area contributed by atoms with Gasteiger partial charge in [0.2, 0.25) is 13.6 Å². The monoisotopic (exact) mass is 813 g/mol. The molecular formula is C45H39N3O12. The van der Waals surface area contributed by atoms with Gasteiger partial charge in [0, 0.05) is 46.1 Å². The number of rotatable bonds is 13. The minimum Gasteiger partial charge on any atom is -0.493 e. The highest BCUT2D eigenvalue weighted by molar-refractivity contribution is 6.28. The van der Waals surface area contributed by atoms with Crippen molar-refractivity contribution in [3.05, 3.63) is 91.5 Å². The van der Waals surface area contributed by atoms with Gasteiger partial charge in [-0.25, -0.2) is 0 Å². The Hall–Kier alpha value is -7.00. The fraction of sp³-hybridized carbons (Fsp3) is 0.289. The van der Waals surface area contributed by atoms with E-state index in [2.05, 4.69) is 5.32 Å². The zero-order chi connectivity index (χ0) is 41.4. The van der Waals surface area contributed by atoms with Gasteiger partial charge in [-0.3, -0.25) is 19.2 Å². The summed E-state index contributed by atoms with van der Waals surface area (Å²) in [6.45, 7) is 2.01. The quantitative estimate of drug-likeness (QED) is 0.141. The maximum absolute atomic E-state index is 14.3. The Kier molecular flexibility index (Phi) is 8.93. The summed E-state index contributed by atoms with van der Waals surface area (Å²) in [6, 6.07) is 13.5. The first-order valence-corrected chi connectivity index (χ1v) is 19.6. The van der Waals surface area contributed by atoms with Crippen molar-refractivity contribution in [2.24, 2.45) is 0 Å². The van der Waals surface area contributed by atoms with E-state index >= 15 is 0 Å². The zero-order valence-electron chi connectivity index (χ0n) is 33.3. The number of nitrogens with zero attached hydrogens (tertiary/aromatic N) is 2. The number of aromatic nitrogens is 2. The molecule has 0 spiro atoms. The Morgan fingerprint density at radius 2 is 0.850 bits per heavy atom. The third-order valence-electron chi connectivity index (χ3n) is 11.8. The van der Waals surface area contributed by atoms with Crippen molar-refractivity contribution < 1.29 is 47.5 Å². The van der Waals surface area contributed by atoms with Gasteiger partial charge in [0.15, 0.2) is 57.6 Å². The van der Waals surface area contributed by atoms with Gasteiger partial charge >= 0.3 is 0 Å². The van der Waals surface area contributed by atoms with Crippen LogP contribution in [0.1, 0.15) is 51.1 Å². The summed E-state index contributed by atoms with van der Waals surface area (Å²) in [5, 5.41) is 5.16. The second-order valence-electron chi connectivity index (χ2n) is 14.8. The molecule has 15 heteroatoms. The maximum atomic E-state index is 14.3. The van der Waals surface area contributed by atoms with Crippen molar-refractivity contribution in [3.8, 4) is 68.5 Å². The lowest BCUT2D eigenvalue weighted by Gasteiger charge is -2.17. The third-order valence-corrected chi connectivity index (χ3v) is 11.8. The summed E-state index contributed by atoms with van der Waals surface area (Å²) in [6.07, 6.45) is 1.93. The number of pyridine rings is 2. The lowest BCUT2D eigenvalue weighted by molar-refractivity contribution is 0.103. The van der Waals surface area contributed by atoms with E-state index in [1.165, 1.54) is 28.4 Å². The first-order chi connectivity index (χ1) is 29.3. The van der Waals surface area contributed by atoms with Crippen molar-refractivity contribution in [1.82, 2.24) is 14.5 Å². The van der Waals surface area contributed by atoms with E-state index < -0.39 is 0 Å². The van der Waals surface area contributed by atoms with Gasteiger partial charge in [-0.15, -0.1) is 0 Å². The zero-order valence-corrected chi connectivity index (χ0v) is 33.3. The largest absolute Gasteiger partial charge is 0.493 e. The third kappa shape index (κ3) is 5.52. The molecule has 0 amide bonds. The van der Waals surface area contributed by atoms with E-state index in [9.17, 15) is 19.2 Å². The summed E-state index contributed by atoms with van der Waals surface area (Å²) in [5.41, 5.74) is 3.53. The van der Waals surface area contributed by atoms with Crippen LogP contribution in [0.2, 0.25) is 0 Å². The highest BCUT2D eigenvalue weighted by Crippen LogP contribution is 2.49. The summed E-state index contributed by atoms with van der Waals surface area (Å²) < 4.78 is 48.0. The SMILES string of the molecule is COc1cc2c3c(n(CCCCNCCCn4c5c(c6cc(OC)c(OC)cc6c4=O)C(=O)c4cc6c(cc4-5)OCO6)c(=O)c2cc1OC)-c1cc2c(cc1C3=O)OCO2. The van der Waals surface area contributed by atoms with Gasteiger partial charge < -0.3 is 52.3 Å². The molecule has 0 atom stereocenters. The Morgan fingerprint density at radius 3 is 1.27 bits per heavy atom. The summed E-state index contributed by atoms with van der Waals surface area (Å²) in [5.74, 6) is 3.18. The fourth-order valence-electron chi connectivity index (χ4n) is 8.92. The Labute approximate surface area is 341 Å². The maximum Gasteiger partial charge on any atom is 0.259 e. The highest BCUT2D eigenvalue weighted by atomic mass is 16.7. The average Bonchev–Trinajstić information content (AvgIpc) is 4.05. The van der Waals surface area contributed by atoms with Crippen molar-refractivity contribution in [2.75, 3.05) is 55.1 Å². The number of ether oxygens (including phenoxy) is 8. The minimum atomic E-state index is -0.253. The van der Waals surface area contributed by atoms with Crippen LogP contribution >= 0.6 is 0 Å². The normalized spacial score (nSPS) is 13.8. The van der Waals surface area contributed by atoms with E-state index in [0.29, 0.717) is 151 Å². The molecule has 0 unspecified atom stereocenters. The molecule has 15 nitrogen and oxygen atoms in total. The van der Waals surface area contributed by atoms with E-state index in [4.69, 9.17) is 37.9 Å². The summed E-state index contributed by atoms with van der Waals surface area (Å²) in [4.78, 5) is 56.7. The molecule has 1 N–H and O–H groups in total. The summed E-state index contributed by atoms with van der Waals surface area (Å²) >= 11 is 0. The predicted molar refractivity (Wildman–Crippen MR) is 219 cm³/mol. The topological polar surface area (TPSA) is 164 Å². The number of carbonyl (C=O) groups excluding carboxylic acids is 2. The van der Waals surface area contributed by atoms with Crippen LogP contribution in [0.3, 0.4) is 0 Å². The molecule has 306 valence electrons. The molecular weight excluding hydrogens is 775 g/mol. The molecule has 0 bridgehead atoms. The van der Waals surface area contributed by atoms with Crippen LogP contribution in [0.4, 0.5) is 0 Å². The minimum absolute atomic E-state index is 0.0546. The van der Waals surface area contributed by atoms with E-state index in [1.54, 1.807) is 57.7 Å². The molecule has 0 saturated carbocycles. The smallest absolute Gasteiger partial charge is 0.259 e. The van der Waals surface area contributed by atoms with Crippen LogP contribution in [0.25, 0.3) is 44.1 Å². The van der Waals surface area contributed by atoms with Gasteiger partial charge in [0.25, 0.3) is 11.1 Å². The fourth-order valence-corrected chi connectivity index (χ4v) is 8.92. The number of ketones is 2. The number of carbonyl (C=O) groups is 2. The van der Waals surface area contributed by atoms with Crippen molar-refractivity contribution in [3.63, 3.8) is 0 Å². The molecule has 4 heterocycles. The van der Waals surface area contributed by atoms with Crippen molar-refractivity contribution in [2.45, 2.75) is 32.4 Å². The highest BCUT2D eigenvalue weighted by Gasteiger charge is 2.37. The molecule has 0 saturated heterocycles. The molecule has 2 aliphatic heterocycles. The molecule has 6 aromatic rings. The lowest BCUT2D eigenvalue weighted by Crippen LogP contribution is -2.26. The Morgan fingerprint density at radius 1 is 0.483 bits per heavy atom. The number of hydrogen-bond acceptors (Lipinski definition) is 13.